The topological polar surface area (TPSA) is 49.6 Å². The molecule has 2 aromatic heterocycles. The van der Waals surface area contributed by atoms with Gasteiger partial charge in [-0.25, -0.2) is 4.98 Å². The fraction of sp³-hybridized carbons (Fsp3) is 0.481. The lowest BCUT2D eigenvalue weighted by Crippen LogP contribution is -2.57. The minimum atomic E-state index is 0.100. The van der Waals surface area contributed by atoms with Gasteiger partial charge in [-0.2, -0.15) is 0 Å². The Balaban J connectivity index is 1.44. The number of carbonyl (C=O) groups excluding carboxylic acids is 1. The first-order chi connectivity index (χ1) is 16.0. The van der Waals surface area contributed by atoms with Gasteiger partial charge < -0.3 is 10.2 Å². The van der Waals surface area contributed by atoms with E-state index in [1.165, 1.54) is 24.8 Å². The fourth-order valence-corrected chi connectivity index (χ4v) is 7.10. The predicted molar refractivity (Wildman–Crippen MR) is 131 cm³/mol. The van der Waals surface area contributed by atoms with Crippen LogP contribution in [0.15, 0.2) is 48.7 Å². The number of hydrogen-bond donors (Lipinski definition) is 1. The molecule has 1 aliphatic carbocycles. The van der Waals surface area contributed by atoms with Gasteiger partial charge >= 0.3 is 0 Å². The van der Waals surface area contributed by atoms with Crippen molar-refractivity contribution in [1.29, 1.82) is 0 Å². The number of imidazole rings is 1. The highest BCUT2D eigenvalue weighted by atomic mass is 35.5. The maximum atomic E-state index is 14.3. The van der Waals surface area contributed by atoms with Gasteiger partial charge in [0.1, 0.15) is 11.3 Å². The van der Waals surface area contributed by atoms with Crippen LogP contribution in [0.25, 0.3) is 5.65 Å². The highest BCUT2D eigenvalue weighted by molar-refractivity contribution is 6.30. The molecule has 2 aliphatic heterocycles. The third-order valence-corrected chi connectivity index (χ3v) is 8.72. The standard InChI is InChI=1S/C27H31ClN4O/c1-17-25(31-16-19(28)12-13-24(31)29-17)26(33)32-21-15-27(2)22(10-6-7-11-23(27)32)30-20(21)14-18-8-4-3-5-9-18/h3-5,8-9,12-13,16,20-23,30H,6-7,10-11,14-15H2,1-2H3/t20-,21+,22-,23+,27-/m1/s1. The van der Waals surface area contributed by atoms with E-state index in [1.54, 1.807) is 0 Å². The van der Waals surface area contributed by atoms with Gasteiger partial charge in [-0.1, -0.05) is 61.7 Å². The summed E-state index contributed by atoms with van der Waals surface area (Å²) in [6, 6.07) is 15.5. The van der Waals surface area contributed by atoms with Gasteiger partial charge in [0.05, 0.1) is 10.7 Å². The van der Waals surface area contributed by atoms with Crippen LogP contribution in [0.5, 0.6) is 0 Å². The van der Waals surface area contributed by atoms with E-state index in [9.17, 15) is 4.79 Å². The Morgan fingerprint density at radius 1 is 1.18 bits per heavy atom. The van der Waals surface area contributed by atoms with Crippen molar-refractivity contribution < 1.29 is 4.79 Å². The van der Waals surface area contributed by atoms with Crippen LogP contribution < -0.4 is 5.32 Å². The molecule has 3 fully saturated rings. The Hall–Kier alpha value is -2.37. The Labute approximate surface area is 200 Å². The van der Waals surface area contributed by atoms with Crippen molar-refractivity contribution in [2.24, 2.45) is 5.41 Å². The third kappa shape index (κ3) is 3.31. The Morgan fingerprint density at radius 3 is 2.79 bits per heavy atom. The molecule has 3 aliphatic rings. The van der Waals surface area contributed by atoms with Crippen LogP contribution in [-0.2, 0) is 6.42 Å². The molecule has 0 spiro atoms. The number of nitrogens with one attached hydrogen (secondary N) is 1. The lowest BCUT2D eigenvalue weighted by Gasteiger charge is -2.43. The van der Waals surface area contributed by atoms with E-state index in [0.29, 0.717) is 16.8 Å². The van der Waals surface area contributed by atoms with Gasteiger partial charge in [0.15, 0.2) is 0 Å². The minimum Gasteiger partial charge on any atom is -0.329 e. The van der Waals surface area contributed by atoms with Crippen LogP contribution in [0, 0.1) is 12.3 Å². The zero-order valence-corrected chi connectivity index (χ0v) is 20.1. The van der Waals surface area contributed by atoms with E-state index in [1.807, 2.05) is 29.7 Å². The van der Waals surface area contributed by atoms with Gasteiger partial charge in [-0.15, -0.1) is 0 Å². The highest BCUT2D eigenvalue weighted by Crippen LogP contribution is 2.52. The summed E-state index contributed by atoms with van der Waals surface area (Å²) < 4.78 is 1.89. The Morgan fingerprint density at radius 2 is 1.97 bits per heavy atom. The van der Waals surface area contributed by atoms with E-state index >= 15 is 0 Å². The predicted octanol–water partition coefficient (Wildman–Crippen LogP) is 5.04. The third-order valence-electron chi connectivity index (χ3n) is 8.49. The average molecular weight is 463 g/mol. The molecule has 1 saturated carbocycles. The van der Waals surface area contributed by atoms with Crippen molar-refractivity contribution in [2.45, 2.75) is 76.5 Å². The second-order valence-electron chi connectivity index (χ2n) is 10.4. The van der Waals surface area contributed by atoms with Crippen LogP contribution in [0.4, 0.5) is 0 Å². The zero-order chi connectivity index (χ0) is 22.7. The SMILES string of the molecule is Cc1nc2ccc(Cl)cn2c1C(=O)N1[C@H]2CCCC[C@H]3N[C@H](Cc4ccccc4)[C@@H]1C[C@@]23C. The number of rotatable bonds is 3. The molecule has 3 aromatic rings. The monoisotopic (exact) mass is 462 g/mol. The first-order valence-electron chi connectivity index (χ1n) is 12.2. The molecule has 2 saturated heterocycles. The second kappa shape index (κ2) is 7.85. The number of aromatic nitrogens is 2. The average Bonchev–Trinajstić information content (AvgIpc) is 3.20. The van der Waals surface area contributed by atoms with Gasteiger partial charge in [0, 0.05) is 35.8 Å². The molecule has 2 bridgehead atoms. The number of halogens is 1. The number of hydrogen-bond acceptors (Lipinski definition) is 3. The van der Waals surface area contributed by atoms with Gasteiger partial charge in [0.2, 0.25) is 0 Å². The largest absolute Gasteiger partial charge is 0.329 e. The molecule has 5 nitrogen and oxygen atoms in total. The molecule has 5 atom stereocenters. The summed E-state index contributed by atoms with van der Waals surface area (Å²) in [6.07, 6.45) is 8.49. The lowest BCUT2D eigenvalue weighted by molar-refractivity contribution is 0.0604. The van der Waals surface area contributed by atoms with Crippen molar-refractivity contribution in [3.63, 3.8) is 0 Å². The van der Waals surface area contributed by atoms with Crippen LogP contribution in [0.1, 0.15) is 60.8 Å². The lowest BCUT2D eigenvalue weighted by atomic mass is 9.70. The van der Waals surface area contributed by atoms with Crippen molar-refractivity contribution in [1.82, 2.24) is 19.6 Å². The maximum Gasteiger partial charge on any atom is 0.273 e. The maximum absolute atomic E-state index is 14.3. The summed E-state index contributed by atoms with van der Waals surface area (Å²) in [6.45, 7) is 4.35. The molecule has 1 amide bonds. The molecule has 172 valence electrons. The summed E-state index contributed by atoms with van der Waals surface area (Å²) in [4.78, 5) is 21.3. The van der Waals surface area contributed by atoms with Crippen molar-refractivity contribution in [3.05, 3.63) is 70.6 Å². The molecule has 1 N–H and O–H groups in total. The van der Waals surface area contributed by atoms with Gasteiger partial charge in [-0.3, -0.25) is 9.20 Å². The molecule has 0 unspecified atom stereocenters. The number of piperidine rings is 1. The number of aryl methyl sites for hydroxylation is 1. The van der Waals surface area contributed by atoms with Crippen molar-refractivity contribution in [3.8, 4) is 0 Å². The van der Waals surface area contributed by atoms with Crippen LogP contribution in [0.2, 0.25) is 5.02 Å². The van der Waals surface area contributed by atoms with Gasteiger partial charge in [-0.05, 0) is 50.3 Å². The minimum absolute atomic E-state index is 0.100. The smallest absolute Gasteiger partial charge is 0.273 e. The number of fused-ring (bicyclic) bond motifs is 2. The fourth-order valence-electron chi connectivity index (χ4n) is 6.94. The number of likely N-dealkylation sites (tertiary alicyclic amines) is 1. The van der Waals surface area contributed by atoms with Crippen molar-refractivity contribution >= 4 is 23.2 Å². The molecular weight excluding hydrogens is 432 g/mol. The Kier molecular flexibility index (Phi) is 5.04. The first-order valence-corrected chi connectivity index (χ1v) is 12.6. The second-order valence-corrected chi connectivity index (χ2v) is 10.9. The summed E-state index contributed by atoms with van der Waals surface area (Å²) in [5.41, 5.74) is 3.62. The number of nitrogens with zero attached hydrogens (tertiary/aromatic N) is 3. The molecule has 1 aromatic carbocycles. The molecule has 33 heavy (non-hydrogen) atoms. The summed E-state index contributed by atoms with van der Waals surface area (Å²) in [5.74, 6) is 0.100. The number of pyridine rings is 1. The van der Waals surface area contributed by atoms with Crippen LogP contribution in [-0.4, -0.2) is 44.4 Å². The van der Waals surface area contributed by atoms with E-state index in [0.717, 1.165) is 30.6 Å². The van der Waals surface area contributed by atoms with Crippen molar-refractivity contribution in [2.75, 3.05) is 0 Å². The van der Waals surface area contributed by atoms with Gasteiger partial charge in [0.25, 0.3) is 5.91 Å². The quantitative estimate of drug-likeness (QED) is 0.593. The number of carbonyl (C=O) groups is 1. The van der Waals surface area contributed by atoms with E-state index < -0.39 is 0 Å². The zero-order valence-electron chi connectivity index (χ0n) is 19.3. The van der Waals surface area contributed by atoms with E-state index in [4.69, 9.17) is 11.6 Å². The Bertz CT molecular complexity index is 1210. The van der Waals surface area contributed by atoms with Crippen LogP contribution >= 0.6 is 11.6 Å². The molecule has 4 heterocycles. The number of benzene rings is 1. The first kappa shape index (κ1) is 21.2. The molecule has 0 radical (unpaired) electrons. The van der Waals surface area contributed by atoms with E-state index in [-0.39, 0.29) is 29.4 Å². The highest BCUT2D eigenvalue weighted by Gasteiger charge is 2.60. The molecular formula is C27H31ClN4O. The summed E-state index contributed by atoms with van der Waals surface area (Å²) in [7, 11) is 0. The normalized spacial score (nSPS) is 31.1. The summed E-state index contributed by atoms with van der Waals surface area (Å²) in [5, 5.41) is 4.64. The molecule has 6 heteroatoms. The van der Waals surface area contributed by atoms with Crippen LogP contribution in [0.3, 0.4) is 0 Å². The van der Waals surface area contributed by atoms with E-state index in [2.05, 4.69) is 52.5 Å². The molecule has 6 rings (SSSR count). The summed E-state index contributed by atoms with van der Waals surface area (Å²) >= 11 is 6.31. The number of amides is 1.